The highest BCUT2D eigenvalue weighted by Crippen LogP contribution is 2.76. The number of aromatic nitrogens is 1. The average Bonchev–Trinajstić information content (AvgIpc) is 3.61. The largest absolute Gasteiger partial charge is 0.497 e. The second kappa shape index (κ2) is 12.9. The van der Waals surface area contributed by atoms with Crippen LogP contribution in [-0.2, 0) is 30.2 Å². The Morgan fingerprint density at radius 2 is 1.80 bits per heavy atom. The van der Waals surface area contributed by atoms with E-state index in [2.05, 4.69) is 69.9 Å². The molecule has 10 nitrogen and oxygen atoms in total. The zero-order chi connectivity index (χ0) is 41.9. The molecule has 60 heavy (non-hydrogen) atoms. The van der Waals surface area contributed by atoms with Gasteiger partial charge in [0.1, 0.15) is 6.10 Å². The van der Waals surface area contributed by atoms with Crippen molar-refractivity contribution in [2.24, 2.45) is 62.6 Å². The van der Waals surface area contributed by atoms with E-state index >= 15 is 0 Å². The molecule has 0 spiro atoms. The number of rotatable bonds is 3. The summed E-state index contributed by atoms with van der Waals surface area (Å²) in [6.07, 6.45) is 12.0. The Morgan fingerprint density at radius 1 is 1.00 bits per heavy atom. The van der Waals surface area contributed by atoms with Crippen molar-refractivity contribution in [3.63, 3.8) is 0 Å². The van der Waals surface area contributed by atoms with Crippen molar-refractivity contribution in [3.8, 4) is 0 Å². The minimum absolute atomic E-state index is 0.0135. The number of fused-ring (bicyclic) bond motifs is 15. The first-order valence-corrected chi connectivity index (χ1v) is 23.4. The number of ether oxygens (including phenoxy) is 3. The van der Waals surface area contributed by atoms with E-state index in [0.717, 1.165) is 69.0 Å². The number of H-pyrrole nitrogens is 1. The average molecular weight is 823 g/mol. The molecule has 6 fully saturated rings. The number of nitrogens with one attached hydrogen (secondary N) is 1. The molecule has 1 amide bonds. The van der Waals surface area contributed by atoms with E-state index in [0.29, 0.717) is 37.5 Å². The summed E-state index contributed by atoms with van der Waals surface area (Å²) in [7, 11) is 0. The lowest BCUT2D eigenvalue weighted by Gasteiger charge is -2.72. The SMILES string of the molecule is C[C@@H]1CC[C@]2(C(=O)O)CC[C@]3(C)C(=CC[C@@H]4[C@@]5(C)CC[C@@H]6OC([C@H]7[C@@H]8C[C@H]9c%10[nH]c%11ccccc%11c%10CCN9C(=O)C8=CO[C@@H]7C)OC[C@]6(CO)[C@@H]5CC[C@]43C)[C@@H]2[C@]1(C)O. The molecule has 9 aliphatic rings. The van der Waals surface area contributed by atoms with Crippen molar-refractivity contribution < 1.29 is 39.1 Å². The number of allylic oxidation sites excluding steroid dienone is 1. The Labute approximate surface area is 354 Å². The molecule has 1 aromatic heterocycles. The third kappa shape index (κ3) is 4.80. The van der Waals surface area contributed by atoms with E-state index in [1.807, 2.05) is 11.8 Å². The molecule has 16 atom stereocenters. The molecule has 1 unspecified atom stereocenters. The van der Waals surface area contributed by atoms with E-state index in [-0.39, 0.29) is 70.7 Å². The van der Waals surface area contributed by atoms with Gasteiger partial charge in [-0.25, -0.2) is 0 Å². The number of aliphatic carboxylic acids is 1. The van der Waals surface area contributed by atoms with Crippen LogP contribution in [0.3, 0.4) is 0 Å². The van der Waals surface area contributed by atoms with Gasteiger partial charge in [-0.1, -0.05) is 57.5 Å². The number of carbonyl (C=O) groups is 2. The van der Waals surface area contributed by atoms with Crippen LogP contribution in [0.15, 0.2) is 47.7 Å². The first-order chi connectivity index (χ1) is 28.6. The van der Waals surface area contributed by atoms with Gasteiger partial charge in [-0.3, -0.25) is 9.59 Å². The van der Waals surface area contributed by atoms with Gasteiger partial charge in [0.25, 0.3) is 5.91 Å². The quantitative estimate of drug-likeness (QED) is 0.228. The number of para-hydroxylation sites is 1. The summed E-state index contributed by atoms with van der Waals surface area (Å²) >= 11 is 0. The van der Waals surface area contributed by atoms with Gasteiger partial charge in [-0.2, -0.15) is 0 Å². The maximum Gasteiger partial charge on any atom is 0.310 e. The van der Waals surface area contributed by atoms with Gasteiger partial charge in [0.2, 0.25) is 0 Å². The monoisotopic (exact) mass is 822 g/mol. The van der Waals surface area contributed by atoms with Crippen molar-refractivity contribution in [2.75, 3.05) is 19.8 Å². The smallest absolute Gasteiger partial charge is 0.310 e. The highest BCUT2D eigenvalue weighted by atomic mass is 16.7. The van der Waals surface area contributed by atoms with Crippen LogP contribution in [0.2, 0.25) is 0 Å². The number of nitrogens with zero attached hydrogens (tertiary/aromatic N) is 1. The van der Waals surface area contributed by atoms with Gasteiger partial charge in [0.05, 0.1) is 54.1 Å². The summed E-state index contributed by atoms with van der Waals surface area (Å²) in [4.78, 5) is 33.3. The Balaban J connectivity index is 0.885. The van der Waals surface area contributed by atoms with Crippen molar-refractivity contribution in [1.29, 1.82) is 0 Å². The summed E-state index contributed by atoms with van der Waals surface area (Å²) < 4.78 is 20.4. The fraction of sp³-hybridized carbons (Fsp3) is 0.720. The van der Waals surface area contributed by atoms with Crippen molar-refractivity contribution >= 4 is 22.8 Å². The number of aromatic amines is 1. The molecule has 11 rings (SSSR count). The molecule has 2 saturated heterocycles. The van der Waals surface area contributed by atoms with Crippen LogP contribution in [0, 0.1) is 62.6 Å². The number of piperidine rings is 1. The summed E-state index contributed by atoms with van der Waals surface area (Å²) in [6.45, 7) is 14.5. The molecule has 4 aliphatic heterocycles. The second-order valence-corrected chi connectivity index (χ2v) is 22.2. The molecular formula is C50H66N2O8. The summed E-state index contributed by atoms with van der Waals surface area (Å²) in [5, 5.41) is 36.0. The van der Waals surface area contributed by atoms with Crippen LogP contribution in [-0.4, -0.2) is 80.9 Å². The highest BCUT2D eigenvalue weighted by molar-refractivity contribution is 5.96. The number of aliphatic hydroxyl groups is 2. The van der Waals surface area contributed by atoms with Crippen LogP contribution in [0.4, 0.5) is 0 Å². The number of hydrogen-bond acceptors (Lipinski definition) is 7. The van der Waals surface area contributed by atoms with Crippen molar-refractivity contribution in [2.45, 2.75) is 142 Å². The van der Waals surface area contributed by atoms with Crippen LogP contribution in [0.5, 0.6) is 0 Å². The fourth-order valence-corrected chi connectivity index (χ4v) is 16.8. The summed E-state index contributed by atoms with van der Waals surface area (Å²) in [5.74, 6) is -0.873. The van der Waals surface area contributed by atoms with Crippen LogP contribution in [0.25, 0.3) is 10.9 Å². The van der Waals surface area contributed by atoms with Crippen LogP contribution >= 0.6 is 0 Å². The number of hydrogen-bond donors (Lipinski definition) is 4. The number of aliphatic hydroxyl groups excluding tert-OH is 1. The van der Waals surface area contributed by atoms with Gasteiger partial charge in [0.15, 0.2) is 6.29 Å². The predicted octanol–water partition coefficient (Wildman–Crippen LogP) is 8.08. The summed E-state index contributed by atoms with van der Waals surface area (Å²) in [6, 6.07) is 8.40. The highest BCUT2D eigenvalue weighted by Gasteiger charge is 2.73. The number of carbonyl (C=O) groups excluding carboxylic acids is 1. The third-order valence-corrected chi connectivity index (χ3v) is 20.4. The lowest BCUT2D eigenvalue weighted by Crippen LogP contribution is -2.70. The Bertz CT molecular complexity index is 2210. The first-order valence-electron chi connectivity index (χ1n) is 23.4. The number of benzene rings is 1. The maximum atomic E-state index is 14.3. The van der Waals surface area contributed by atoms with E-state index in [9.17, 15) is 24.9 Å². The van der Waals surface area contributed by atoms with E-state index in [1.165, 1.54) is 16.5 Å². The lowest BCUT2D eigenvalue weighted by atomic mass is 9.33. The predicted molar refractivity (Wildman–Crippen MR) is 225 cm³/mol. The molecule has 5 heterocycles. The van der Waals surface area contributed by atoms with Crippen LogP contribution in [0.1, 0.15) is 123 Å². The van der Waals surface area contributed by atoms with Gasteiger partial charge in [0, 0.05) is 40.4 Å². The molecule has 4 saturated carbocycles. The van der Waals surface area contributed by atoms with E-state index in [4.69, 9.17) is 14.2 Å². The van der Waals surface area contributed by atoms with Gasteiger partial charge >= 0.3 is 5.97 Å². The maximum absolute atomic E-state index is 14.3. The molecule has 0 bridgehead atoms. The zero-order valence-corrected chi connectivity index (χ0v) is 36.5. The minimum atomic E-state index is -1.10. The molecule has 1 aromatic carbocycles. The molecule has 0 radical (unpaired) electrons. The Morgan fingerprint density at radius 3 is 2.58 bits per heavy atom. The van der Waals surface area contributed by atoms with Crippen molar-refractivity contribution in [3.05, 3.63) is 59.0 Å². The van der Waals surface area contributed by atoms with Crippen LogP contribution < -0.4 is 0 Å². The lowest BCUT2D eigenvalue weighted by molar-refractivity contribution is -0.344. The fourth-order valence-electron chi connectivity index (χ4n) is 16.8. The third-order valence-electron chi connectivity index (χ3n) is 20.4. The first kappa shape index (κ1) is 39.7. The normalized spacial score (nSPS) is 49.3. The molecule has 4 N–H and O–H groups in total. The standard InChI is InChI=1S/C50H66N2O8/c1-27-13-19-49(44(55)56)21-20-46(4)33(41(49)48(27,6)57)11-12-36-45(3)17-15-38-50(25-53,37(45)14-18-47(36,46)5)26-59-43(60-38)39-28(2)58-24-32-31(39)23-35-40-30(16-22-52(35)42(32)54)29-9-7-8-10-34(29)51-40/h7-11,24,27-28,31,35-39,41,43,51,53,57H,12-23,25-26H2,1-6H3,(H,55,56)/t27-,28-,31-,35+,36-,37-,38+,39-,41-,43?,45-,46-,47-,48-,49+,50-/m1/s1. The second-order valence-electron chi connectivity index (χ2n) is 22.2. The minimum Gasteiger partial charge on any atom is -0.497 e. The molecular weight excluding hydrogens is 757 g/mol. The molecule has 10 heteroatoms. The van der Waals surface area contributed by atoms with Gasteiger partial charge in [-0.05, 0) is 130 Å². The van der Waals surface area contributed by atoms with Gasteiger partial charge in [-0.15, -0.1) is 0 Å². The van der Waals surface area contributed by atoms with E-state index in [1.54, 1.807) is 6.26 Å². The molecule has 2 aromatic rings. The zero-order valence-electron chi connectivity index (χ0n) is 36.5. The molecule has 5 aliphatic carbocycles. The van der Waals surface area contributed by atoms with Gasteiger partial charge < -0.3 is 39.4 Å². The van der Waals surface area contributed by atoms with Crippen molar-refractivity contribution in [1.82, 2.24) is 9.88 Å². The topological polar surface area (TPSA) is 142 Å². The van der Waals surface area contributed by atoms with E-state index < -0.39 is 34.6 Å². The Hall–Kier alpha value is -3.18. The number of carboxylic acids is 1. The molecule has 324 valence electrons. The summed E-state index contributed by atoms with van der Waals surface area (Å²) in [5.41, 5.74) is 2.45. The number of amides is 1. The number of carboxylic acid groups (broad SMARTS) is 1. The Kier molecular flexibility index (Phi) is 8.56.